The number of amides is 3. The largest absolute Gasteiger partial charge is 0.469 e. The number of halogens is 1. The molecule has 0 atom stereocenters. The highest BCUT2D eigenvalue weighted by Gasteiger charge is 2.24. The fourth-order valence-electron chi connectivity index (χ4n) is 5.73. The number of hydrogen-bond acceptors (Lipinski definition) is 9. The molecule has 6 rings (SSSR count). The van der Waals surface area contributed by atoms with Crippen molar-refractivity contribution in [1.82, 2.24) is 25.1 Å². The third kappa shape index (κ3) is 9.30. The number of fused-ring (bicyclic) bond motifs is 1. The first kappa shape index (κ1) is 34.3. The summed E-state index contributed by atoms with van der Waals surface area (Å²) < 4.78 is 26.7. The average Bonchev–Trinajstić information content (AvgIpc) is 3.81. The number of nitrogens with one attached hydrogen (secondary N) is 2. The Labute approximate surface area is 288 Å². The predicted octanol–water partition coefficient (Wildman–Crippen LogP) is 6.73. The minimum absolute atomic E-state index is 0.00317. The highest BCUT2D eigenvalue weighted by atomic mass is 32.1. The zero-order valence-corrected chi connectivity index (χ0v) is 28.4. The number of anilines is 1. The predicted molar refractivity (Wildman–Crippen MR) is 186 cm³/mol. The van der Waals surface area contributed by atoms with E-state index >= 15 is 4.39 Å². The van der Waals surface area contributed by atoms with E-state index in [1.807, 2.05) is 23.2 Å². The summed E-state index contributed by atoms with van der Waals surface area (Å²) in [4.78, 5) is 50.5. The van der Waals surface area contributed by atoms with Gasteiger partial charge in [-0.1, -0.05) is 25.0 Å². The number of carbonyl (C=O) groups excluding carboxylic acids is 3. The Kier molecular flexibility index (Phi) is 11.3. The van der Waals surface area contributed by atoms with E-state index in [4.69, 9.17) is 9.72 Å². The highest BCUT2D eigenvalue weighted by molar-refractivity contribution is 7.22. The lowest BCUT2D eigenvalue weighted by atomic mass is 10.1. The lowest BCUT2D eigenvalue weighted by Crippen LogP contribution is -2.48. The van der Waals surface area contributed by atoms with E-state index in [1.165, 1.54) is 30.6 Å². The molecule has 3 amide bonds. The Hall–Kier alpha value is -4.62. The third-order valence-electron chi connectivity index (χ3n) is 8.68. The molecule has 0 bridgehead atoms. The fourth-order valence-corrected chi connectivity index (χ4v) is 6.78. The van der Waals surface area contributed by atoms with Crippen LogP contribution in [-0.4, -0.2) is 77.0 Å². The monoisotopic (exact) mass is 688 g/mol. The molecule has 2 fully saturated rings. The molecular weight excluding hydrogens is 647 g/mol. The zero-order chi connectivity index (χ0) is 34.2. The van der Waals surface area contributed by atoms with Gasteiger partial charge in [0.1, 0.15) is 5.75 Å². The van der Waals surface area contributed by atoms with E-state index in [9.17, 15) is 14.4 Å². The first-order chi connectivity index (χ1) is 23.9. The second-order valence-corrected chi connectivity index (χ2v) is 13.5. The van der Waals surface area contributed by atoms with Crippen LogP contribution in [-0.2, 0) is 20.9 Å². The number of rotatable bonds is 14. The summed E-state index contributed by atoms with van der Waals surface area (Å²) in [6.07, 6.45) is 9.87. The summed E-state index contributed by atoms with van der Waals surface area (Å²) in [5.74, 6) is -0.165. The van der Waals surface area contributed by atoms with Crippen LogP contribution in [0.25, 0.3) is 20.8 Å². The molecule has 0 radical (unpaired) electrons. The van der Waals surface area contributed by atoms with Gasteiger partial charge in [0.05, 0.1) is 33.6 Å². The van der Waals surface area contributed by atoms with Crippen molar-refractivity contribution in [2.45, 2.75) is 64.0 Å². The number of ether oxygens (including phenoxy) is 2. The molecule has 49 heavy (non-hydrogen) atoms. The fraction of sp³-hybridized carbons (Fsp3) is 0.417. The summed E-state index contributed by atoms with van der Waals surface area (Å²) >= 11 is 1.47. The van der Waals surface area contributed by atoms with Crippen molar-refractivity contribution in [2.24, 2.45) is 0 Å². The third-order valence-corrected chi connectivity index (χ3v) is 9.84. The van der Waals surface area contributed by atoms with Gasteiger partial charge in [-0.25, -0.2) is 9.18 Å². The number of pyridine rings is 2. The van der Waals surface area contributed by atoms with Gasteiger partial charge in [-0.15, -0.1) is 11.3 Å². The maximum atomic E-state index is 15.3. The summed E-state index contributed by atoms with van der Waals surface area (Å²) in [6, 6.07) is 12.1. The van der Waals surface area contributed by atoms with Crippen molar-refractivity contribution in [3.05, 3.63) is 66.2 Å². The van der Waals surface area contributed by atoms with Gasteiger partial charge in [-0.3, -0.25) is 24.5 Å². The van der Waals surface area contributed by atoms with Crippen LogP contribution >= 0.6 is 11.3 Å². The van der Waals surface area contributed by atoms with Gasteiger partial charge in [0, 0.05) is 70.1 Å². The van der Waals surface area contributed by atoms with Gasteiger partial charge in [-0.2, -0.15) is 0 Å². The summed E-state index contributed by atoms with van der Waals surface area (Å²) in [5, 5.41) is 5.36. The first-order valence-corrected chi connectivity index (χ1v) is 17.6. The number of benzene rings is 1. The van der Waals surface area contributed by atoms with E-state index < -0.39 is 11.8 Å². The van der Waals surface area contributed by atoms with Crippen LogP contribution < -0.4 is 15.4 Å². The van der Waals surface area contributed by atoms with Crippen molar-refractivity contribution in [1.29, 1.82) is 0 Å². The summed E-state index contributed by atoms with van der Waals surface area (Å²) in [5.41, 5.74) is 2.66. The molecule has 11 nitrogen and oxygen atoms in total. The molecule has 0 spiro atoms. The molecule has 3 aromatic heterocycles. The van der Waals surface area contributed by atoms with Gasteiger partial charge in [0.25, 0.3) is 0 Å². The van der Waals surface area contributed by atoms with E-state index in [1.54, 1.807) is 18.3 Å². The molecule has 258 valence electrons. The van der Waals surface area contributed by atoms with Crippen LogP contribution in [0.2, 0.25) is 0 Å². The molecule has 0 unspecified atom stereocenters. The van der Waals surface area contributed by atoms with Crippen molar-refractivity contribution < 1.29 is 28.2 Å². The molecule has 2 aliphatic rings. The van der Waals surface area contributed by atoms with E-state index in [2.05, 4.69) is 31.3 Å². The van der Waals surface area contributed by atoms with E-state index in [0.717, 1.165) is 79.0 Å². The second kappa shape index (κ2) is 16.2. The van der Waals surface area contributed by atoms with Gasteiger partial charge in [0.15, 0.2) is 11.6 Å². The average molecular weight is 689 g/mol. The molecule has 4 aromatic rings. The Morgan fingerprint density at radius 1 is 0.959 bits per heavy atom. The van der Waals surface area contributed by atoms with Gasteiger partial charge >= 0.3 is 12.0 Å². The Bertz CT molecular complexity index is 1770. The van der Waals surface area contributed by atoms with E-state index in [0.29, 0.717) is 37.2 Å². The highest BCUT2D eigenvalue weighted by Crippen LogP contribution is 2.39. The van der Waals surface area contributed by atoms with Crippen molar-refractivity contribution >= 4 is 45.1 Å². The van der Waals surface area contributed by atoms with E-state index in [-0.39, 0.29) is 29.4 Å². The molecule has 4 heterocycles. The Balaban J connectivity index is 0.999. The number of nitrogens with zero attached hydrogens (tertiary/aromatic N) is 4. The number of urea groups is 1. The molecule has 1 aliphatic heterocycles. The topological polar surface area (TPSA) is 126 Å². The van der Waals surface area contributed by atoms with Crippen LogP contribution in [0.3, 0.4) is 0 Å². The SMILES string of the molecule is COC(=O)CCCCCCC(=O)N1CCN(Cc2ccc(-c3cc4nccc(Oc5cccc(NC(=O)NC6CC6)c5F)c4s3)nc2)CC1. The minimum atomic E-state index is -0.652. The molecule has 2 N–H and O–H groups in total. The quantitative estimate of drug-likeness (QED) is 0.110. The first-order valence-electron chi connectivity index (χ1n) is 16.8. The number of thiophene rings is 1. The maximum Gasteiger partial charge on any atom is 0.319 e. The van der Waals surface area contributed by atoms with Gasteiger partial charge in [0.2, 0.25) is 5.91 Å². The lowest BCUT2D eigenvalue weighted by Gasteiger charge is -2.34. The van der Waals surface area contributed by atoms with Crippen LogP contribution in [0.1, 0.15) is 56.9 Å². The zero-order valence-electron chi connectivity index (χ0n) is 27.6. The number of esters is 1. The number of methoxy groups -OCH3 is 1. The second-order valence-electron chi connectivity index (χ2n) is 12.4. The number of hydrogen-bond donors (Lipinski definition) is 2. The molecular formula is C36H41FN6O5S. The lowest BCUT2D eigenvalue weighted by molar-refractivity contribution is -0.140. The maximum absolute atomic E-state index is 15.3. The summed E-state index contributed by atoms with van der Waals surface area (Å²) in [7, 11) is 1.40. The molecule has 1 aromatic carbocycles. The number of unbranched alkanes of at least 4 members (excludes halogenated alkanes) is 3. The summed E-state index contributed by atoms with van der Waals surface area (Å²) in [6.45, 7) is 3.80. The number of aromatic nitrogens is 2. The van der Waals surface area contributed by atoms with Crippen LogP contribution in [0.15, 0.2) is 54.9 Å². The minimum Gasteiger partial charge on any atom is -0.469 e. The molecule has 1 saturated heterocycles. The Morgan fingerprint density at radius 2 is 1.76 bits per heavy atom. The molecule has 13 heteroatoms. The van der Waals surface area contributed by atoms with Crippen LogP contribution in [0.5, 0.6) is 11.5 Å². The van der Waals surface area contributed by atoms with Gasteiger partial charge < -0.3 is 25.0 Å². The standard InChI is InChI=1S/C36H41FN6O5S/c1-47-33(45)10-5-3-2-4-9-32(44)43-19-17-42(18-20-43)23-24-11-14-26(39-22-24)31-21-28-35(49-31)30(15-16-38-28)48-29-8-6-7-27(34(29)37)41-36(46)40-25-12-13-25/h6-8,11,14-16,21-22,25H,2-5,9-10,12-13,17-20,23H2,1H3,(H2,40,41,46). The molecule has 1 aliphatic carbocycles. The van der Waals surface area contributed by atoms with Crippen LogP contribution in [0.4, 0.5) is 14.9 Å². The smallest absolute Gasteiger partial charge is 0.319 e. The van der Waals surface area contributed by atoms with Crippen molar-refractivity contribution in [2.75, 3.05) is 38.6 Å². The molecule has 1 saturated carbocycles. The number of piperazine rings is 1. The van der Waals surface area contributed by atoms with Crippen molar-refractivity contribution in [3.63, 3.8) is 0 Å². The normalized spacial score (nSPS) is 14.9. The Morgan fingerprint density at radius 3 is 2.49 bits per heavy atom. The van der Waals surface area contributed by atoms with Crippen LogP contribution in [0, 0.1) is 5.82 Å². The van der Waals surface area contributed by atoms with Gasteiger partial charge in [-0.05, 0) is 55.5 Å². The van der Waals surface area contributed by atoms with Crippen molar-refractivity contribution in [3.8, 4) is 22.1 Å². The number of carbonyl (C=O) groups is 3.